The molecule has 2 aromatic carbocycles. The summed E-state index contributed by atoms with van der Waals surface area (Å²) in [6.07, 6.45) is 0. The first-order valence-corrected chi connectivity index (χ1v) is 9.56. The SMILES string of the molecule is C=C1C(C(=O)Nc2c(C)cc(C)cc2C)[C@H]1C(=O)Nc1c(C)cc(C)cc1C. The minimum atomic E-state index is -0.480. The molecule has 2 amide bonds. The number of carbonyl (C=O) groups excluding carboxylic acids is 2. The van der Waals surface area contributed by atoms with E-state index in [1.165, 1.54) is 0 Å². The van der Waals surface area contributed by atoms with Gasteiger partial charge in [0.2, 0.25) is 11.8 Å². The molecule has 1 fully saturated rings. The quantitative estimate of drug-likeness (QED) is 0.745. The maximum Gasteiger partial charge on any atom is 0.232 e. The van der Waals surface area contributed by atoms with Crippen LogP contribution in [0.5, 0.6) is 0 Å². The van der Waals surface area contributed by atoms with Gasteiger partial charge in [-0.2, -0.15) is 0 Å². The summed E-state index contributed by atoms with van der Waals surface area (Å²) in [6, 6.07) is 8.16. The number of hydrogen-bond donors (Lipinski definition) is 2. The Morgan fingerprint density at radius 1 is 0.679 bits per heavy atom. The van der Waals surface area contributed by atoms with E-state index in [1.807, 2.05) is 65.8 Å². The molecule has 0 aliphatic heterocycles. The van der Waals surface area contributed by atoms with Crippen molar-refractivity contribution in [3.8, 4) is 0 Å². The number of anilines is 2. The number of rotatable bonds is 4. The van der Waals surface area contributed by atoms with Crippen LogP contribution in [0, 0.1) is 53.4 Å². The molecule has 3 rings (SSSR count). The second kappa shape index (κ2) is 7.27. The summed E-state index contributed by atoms with van der Waals surface area (Å²) in [4.78, 5) is 25.5. The lowest BCUT2D eigenvalue weighted by atomic mass is 10.0. The van der Waals surface area contributed by atoms with Crippen LogP contribution in [0.3, 0.4) is 0 Å². The molecule has 4 heteroatoms. The maximum absolute atomic E-state index is 12.8. The van der Waals surface area contributed by atoms with Crippen molar-refractivity contribution in [3.05, 3.63) is 69.8 Å². The van der Waals surface area contributed by atoms with Gasteiger partial charge in [0.05, 0.1) is 11.8 Å². The van der Waals surface area contributed by atoms with Gasteiger partial charge in [0.1, 0.15) is 0 Å². The highest BCUT2D eigenvalue weighted by molar-refractivity contribution is 6.08. The van der Waals surface area contributed by atoms with Gasteiger partial charge in [-0.1, -0.05) is 47.5 Å². The van der Waals surface area contributed by atoms with Gasteiger partial charge in [-0.25, -0.2) is 0 Å². The predicted octanol–water partition coefficient (Wildman–Crippen LogP) is 4.92. The Balaban J connectivity index is 1.72. The van der Waals surface area contributed by atoms with E-state index in [1.54, 1.807) is 0 Å². The van der Waals surface area contributed by atoms with Crippen molar-refractivity contribution in [2.75, 3.05) is 10.6 Å². The first-order valence-electron chi connectivity index (χ1n) is 9.56. The van der Waals surface area contributed by atoms with Gasteiger partial charge < -0.3 is 10.6 Å². The Morgan fingerprint density at radius 3 is 1.25 bits per heavy atom. The normalized spacial score (nSPS) is 18.0. The summed E-state index contributed by atoms with van der Waals surface area (Å²) < 4.78 is 0. The lowest BCUT2D eigenvalue weighted by Crippen LogP contribution is -2.22. The van der Waals surface area contributed by atoms with Crippen molar-refractivity contribution in [3.63, 3.8) is 0 Å². The van der Waals surface area contributed by atoms with Crippen LogP contribution in [-0.4, -0.2) is 11.8 Å². The Morgan fingerprint density at radius 2 is 0.964 bits per heavy atom. The molecule has 0 heterocycles. The summed E-state index contributed by atoms with van der Waals surface area (Å²) in [7, 11) is 0. The van der Waals surface area contributed by atoms with Crippen molar-refractivity contribution in [2.45, 2.75) is 41.5 Å². The molecule has 1 saturated carbocycles. The molecule has 2 N–H and O–H groups in total. The summed E-state index contributed by atoms with van der Waals surface area (Å²) in [5.74, 6) is -1.30. The van der Waals surface area contributed by atoms with E-state index in [9.17, 15) is 9.59 Å². The van der Waals surface area contributed by atoms with Crippen LogP contribution in [0.25, 0.3) is 0 Å². The van der Waals surface area contributed by atoms with E-state index >= 15 is 0 Å². The highest BCUT2D eigenvalue weighted by Crippen LogP contribution is 2.46. The molecule has 4 nitrogen and oxygen atoms in total. The van der Waals surface area contributed by atoms with Gasteiger partial charge in [0.25, 0.3) is 0 Å². The van der Waals surface area contributed by atoms with Gasteiger partial charge in [-0.05, 0) is 63.8 Å². The van der Waals surface area contributed by atoms with E-state index in [-0.39, 0.29) is 11.8 Å². The third-order valence-corrected chi connectivity index (χ3v) is 5.44. The Hall–Kier alpha value is -2.88. The van der Waals surface area contributed by atoms with E-state index < -0.39 is 11.8 Å². The van der Waals surface area contributed by atoms with Crippen LogP contribution in [0.2, 0.25) is 0 Å². The lowest BCUT2D eigenvalue weighted by Gasteiger charge is -2.14. The van der Waals surface area contributed by atoms with Crippen molar-refractivity contribution >= 4 is 23.2 Å². The number of nitrogens with one attached hydrogen (secondary N) is 2. The monoisotopic (exact) mass is 376 g/mol. The Bertz CT molecular complexity index is 878. The summed E-state index contributed by atoms with van der Waals surface area (Å²) in [6.45, 7) is 15.9. The third-order valence-electron chi connectivity index (χ3n) is 5.44. The summed E-state index contributed by atoms with van der Waals surface area (Å²) in [5, 5.41) is 5.99. The van der Waals surface area contributed by atoms with Gasteiger partial charge >= 0.3 is 0 Å². The van der Waals surface area contributed by atoms with E-state index in [0.717, 1.165) is 44.8 Å². The zero-order valence-corrected chi connectivity index (χ0v) is 17.5. The van der Waals surface area contributed by atoms with Crippen LogP contribution < -0.4 is 10.6 Å². The number of benzene rings is 2. The van der Waals surface area contributed by atoms with Crippen LogP contribution in [0.1, 0.15) is 33.4 Å². The van der Waals surface area contributed by atoms with Gasteiger partial charge in [0.15, 0.2) is 0 Å². The van der Waals surface area contributed by atoms with Gasteiger partial charge in [-0.15, -0.1) is 0 Å². The van der Waals surface area contributed by atoms with Crippen LogP contribution >= 0.6 is 0 Å². The van der Waals surface area contributed by atoms with Crippen molar-refractivity contribution in [1.29, 1.82) is 0 Å². The Labute approximate surface area is 167 Å². The molecule has 1 aliphatic rings. The lowest BCUT2D eigenvalue weighted by molar-refractivity contribution is -0.122. The largest absolute Gasteiger partial charge is 0.325 e. The standard InChI is InChI=1S/C24H28N2O2/c1-12-8-14(3)21(15(4)9-12)25-23(27)19-18(7)20(19)24(28)26-22-16(5)10-13(2)11-17(22)6/h8-11,19-20H,7H2,1-6H3,(H,25,27)(H,26,28)/t19-,20?/m0/s1. The molecular weight excluding hydrogens is 348 g/mol. The maximum atomic E-state index is 12.8. The molecule has 1 unspecified atom stereocenters. The molecule has 1 aliphatic carbocycles. The molecule has 0 aromatic heterocycles. The second-order valence-electron chi connectivity index (χ2n) is 8.06. The third kappa shape index (κ3) is 3.72. The van der Waals surface area contributed by atoms with Crippen LogP contribution in [0.15, 0.2) is 36.4 Å². The highest BCUT2D eigenvalue weighted by atomic mass is 16.2. The van der Waals surface area contributed by atoms with Gasteiger partial charge in [-0.3, -0.25) is 9.59 Å². The first-order chi connectivity index (χ1) is 13.1. The fraction of sp³-hybridized carbons (Fsp3) is 0.333. The van der Waals surface area contributed by atoms with Crippen molar-refractivity contribution < 1.29 is 9.59 Å². The number of amides is 2. The van der Waals surface area contributed by atoms with E-state index in [0.29, 0.717) is 5.57 Å². The second-order valence-corrected chi connectivity index (χ2v) is 8.06. The highest BCUT2D eigenvalue weighted by Gasteiger charge is 2.52. The molecule has 2 atom stereocenters. The average Bonchev–Trinajstić information content (AvgIpc) is 3.25. The Kier molecular flexibility index (Phi) is 5.16. The van der Waals surface area contributed by atoms with E-state index in [2.05, 4.69) is 17.2 Å². The fourth-order valence-electron chi connectivity index (χ4n) is 4.11. The molecule has 0 bridgehead atoms. The molecular formula is C24H28N2O2. The number of hydrogen-bond acceptors (Lipinski definition) is 2. The van der Waals surface area contributed by atoms with Crippen LogP contribution in [0.4, 0.5) is 11.4 Å². The van der Waals surface area contributed by atoms with Crippen molar-refractivity contribution in [1.82, 2.24) is 0 Å². The molecule has 0 radical (unpaired) electrons. The topological polar surface area (TPSA) is 58.2 Å². The minimum absolute atomic E-state index is 0.169. The first kappa shape index (κ1) is 19.9. The van der Waals surface area contributed by atoms with Gasteiger partial charge in [0, 0.05) is 11.4 Å². The molecule has 0 spiro atoms. The van der Waals surface area contributed by atoms with E-state index in [4.69, 9.17) is 0 Å². The number of aryl methyl sites for hydroxylation is 6. The summed E-state index contributed by atoms with van der Waals surface area (Å²) in [5.41, 5.74) is 8.69. The zero-order valence-electron chi connectivity index (χ0n) is 17.5. The minimum Gasteiger partial charge on any atom is -0.325 e. The van der Waals surface area contributed by atoms with Crippen molar-refractivity contribution in [2.24, 2.45) is 11.8 Å². The summed E-state index contributed by atoms with van der Waals surface area (Å²) >= 11 is 0. The molecule has 0 saturated heterocycles. The smallest absolute Gasteiger partial charge is 0.232 e. The molecule has 2 aromatic rings. The fourth-order valence-corrected chi connectivity index (χ4v) is 4.11. The van der Waals surface area contributed by atoms with Crippen LogP contribution in [-0.2, 0) is 9.59 Å². The number of carbonyl (C=O) groups is 2. The zero-order chi connectivity index (χ0) is 20.7. The molecule has 146 valence electrons. The average molecular weight is 377 g/mol. The molecule has 28 heavy (non-hydrogen) atoms. The predicted molar refractivity (Wildman–Crippen MR) is 115 cm³/mol.